The van der Waals surface area contributed by atoms with Crippen molar-refractivity contribution in [1.29, 1.82) is 0 Å². The minimum atomic E-state index is -0.231. The molecule has 0 spiro atoms. The SMILES string of the molecule is Cc1cccc(NC(=O)COc2ccc(Cl)cc2CNc2ccccc2Cl)c1. The second-order valence-corrected chi connectivity index (χ2v) is 7.14. The highest BCUT2D eigenvalue weighted by Gasteiger charge is 2.09. The molecule has 0 bridgehead atoms. The minimum Gasteiger partial charge on any atom is -0.483 e. The maximum absolute atomic E-state index is 12.2. The normalized spacial score (nSPS) is 10.4. The van der Waals surface area contributed by atoms with Crippen LogP contribution in [-0.4, -0.2) is 12.5 Å². The van der Waals surface area contributed by atoms with Gasteiger partial charge in [-0.05, 0) is 55.0 Å². The number of para-hydroxylation sites is 1. The van der Waals surface area contributed by atoms with Crippen molar-refractivity contribution in [2.75, 3.05) is 17.2 Å². The molecule has 3 rings (SSSR count). The lowest BCUT2D eigenvalue weighted by atomic mass is 10.2. The van der Waals surface area contributed by atoms with Crippen molar-refractivity contribution in [3.63, 3.8) is 0 Å². The number of ether oxygens (including phenoxy) is 1. The van der Waals surface area contributed by atoms with Crippen molar-refractivity contribution in [1.82, 2.24) is 0 Å². The van der Waals surface area contributed by atoms with E-state index in [4.69, 9.17) is 27.9 Å². The summed E-state index contributed by atoms with van der Waals surface area (Å²) in [5.41, 5.74) is 3.46. The number of halogens is 2. The Morgan fingerprint density at radius 2 is 1.82 bits per heavy atom. The maximum atomic E-state index is 12.2. The van der Waals surface area contributed by atoms with E-state index in [0.29, 0.717) is 22.3 Å². The number of rotatable bonds is 7. The Hall–Kier alpha value is -2.69. The van der Waals surface area contributed by atoms with E-state index in [1.165, 1.54) is 0 Å². The average Bonchev–Trinajstić information content (AvgIpc) is 2.66. The van der Waals surface area contributed by atoms with E-state index in [1.807, 2.05) is 55.5 Å². The van der Waals surface area contributed by atoms with Gasteiger partial charge in [-0.25, -0.2) is 0 Å². The fourth-order valence-electron chi connectivity index (χ4n) is 2.69. The van der Waals surface area contributed by atoms with Crippen LogP contribution in [0, 0.1) is 6.92 Å². The number of anilines is 2. The molecule has 0 fully saturated rings. The number of amides is 1. The van der Waals surface area contributed by atoms with E-state index in [9.17, 15) is 4.79 Å². The highest BCUT2D eigenvalue weighted by molar-refractivity contribution is 6.33. The van der Waals surface area contributed by atoms with Gasteiger partial charge in [0.15, 0.2) is 6.61 Å². The smallest absolute Gasteiger partial charge is 0.262 e. The van der Waals surface area contributed by atoms with Gasteiger partial charge in [0.2, 0.25) is 0 Å². The molecule has 0 aliphatic rings. The van der Waals surface area contributed by atoms with Crippen LogP contribution in [0.4, 0.5) is 11.4 Å². The average molecular weight is 415 g/mol. The molecule has 1 amide bonds. The molecule has 2 N–H and O–H groups in total. The van der Waals surface area contributed by atoms with E-state index in [1.54, 1.807) is 18.2 Å². The summed E-state index contributed by atoms with van der Waals surface area (Å²) in [6, 6.07) is 20.4. The molecule has 0 saturated carbocycles. The van der Waals surface area contributed by atoms with Crippen molar-refractivity contribution in [2.45, 2.75) is 13.5 Å². The van der Waals surface area contributed by atoms with Gasteiger partial charge in [0, 0.05) is 22.8 Å². The van der Waals surface area contributed by atoms with Gasteiger partial charge in [-0.2, -0.15) is 0 Å². The van der Waals surface area contributed by atoms with Crippen LogP contribution in [0.5, 0.6) is 5.75 Å². The molecule has 6 heteroatoms. The molecule has 0 aromatic heterocycles. The van der Waals surface area contributed by atoms with Crippen LogP contribution in [0.1, 0.15) is 11.1 Å². The first kappa shape index (κ1) is 20.1. The summed E-state index contributed by atoms with van der Waals surface area (Å²) in [4.78, 5) is 12.2. The Morgan fingerprint density at radius 3 is 2.61 bits per heavy atom. The Balaban J connectivity index is 1.63. The maximum Gasteiger partial charge on any atom is 0.262 e. The van der Waals surface area contributed by atoms with E-state index in [2.05, 4.69) is 10.6 Å². The third-order valence-electron chi connectivity index (χ3n) is 4.03. The van der Waals surface area contributed by atoms with Gasteiger partial charge < -0.3 is 15.4 Å². The number of hydrogen-bond donors (Lipinski definition) is 2. The molecule has 0 unspecified atom stereocenters. The highest BCUT2D eigenvalue weighted by Crippen LogP contribution is 2.26. The third-order valence-corrected chi connectivity index (χ3v) is 4.59. The van der Waals surface area contributed by atoms with Crippen LogP contribution in [-0.2, 0) is 11.3 Å². The Morgan fingerprint density at radius 1 is 1.00 bits per heavy atom. The summed E-state index contributed by atoms with van der Waals surface area (Å²) in [5, 5.41) is 7.30. The number of nitrogens with one attached hydrogen (secondary N) is 2. The van der Waals surface area contributed by atoms with Gasteiger partial charge >= 0.3 is 0 Å². The molecule has 3 aromatic carbocycles. The van der Waals surface area contributed by atoms with Crippen LogP contribution >= 0.6 is 23.2 Å². The number of benzene rings is 3. The van der Waals surface area contributed by atoms with Crippen LogP contribution < -0.4 is 15.4 Å². The van der Waals surface area contributed by atoms with Gasteiger partial charge in [-0.15, -0.1) is 0 Å². The van der Waals surface area contributed by atoms with E-state index >= 15 is 0 Å². The van der Waals surface area contributed by atoms with Gasteiger partial charge in [0.25, 0.3) is 5.91 Å². The second kappa shape index (κ2) is 9.49. The van der Waals surface area contributed by atoms with Crippen LogP contribution in [0.3, 0.4) is 0 Å². The second-order valence-electron chi connectivity index (χ2n) is 6.29. The summed E-state index contributed by atoms with van der Waals surface area (Å²) in [7, 11) is 0. The first-order valence-corrected chi connectivity index (χ1v) is 9.53. The first-order chi connectivity index (χ1) is 13.5. The summed E-state index contributed by atoms with van der Waals surface area (Å²) in [6.45, 7) is 2.33. The summed E-state index contributed by atoms with van der Waals surface area (Å²) in [5.74, 6) is 0.355. The molecule has 0 heterocycles. The first-order valence-electron chi connectivity index (χ1n) is 8.77. The lowest BCUT2D eigenvalue weighted by Gasteiger charge is -2.14. The molecule has 0 atom stereocenters. The molecule has 144 valence electrons. The zero-order valence-corrected chi connectivity index (χ0v) is 16.8. The topological polar surface area (TPSA) is 50.4 Å². The molecule has 4 nitrogen and oxygen atoms in total. The lowest BCUT2D eigenvalue weighted by Crippen LogP contribution is -2.20. The fraction of sp³-hybridized carbons (Fsp3) is 0.136. The number of aryl methyl sites for hydroxylation is 1. The summed E-state index contributed by atoms with van der Waals surface area (Å²) >= 11 is 12.3. The largest absolute Gasteiger partial charge is 0.483 e. The quantitative estimate of drug-likeness (QED) is 0.503. The van der Waals surface area contributed by atoms with Crippen molar-refractivity contribution >= 4 is 40.5 Å². The van der Waals surface area contributed by atoms with Crippen LogP contribution in [0.25, 0.3) is 0 Å². The molecular formula is C22H20Cl2N2O2. The van der Waals surface area contributed by atoms with Crippen molar-refractivity contribution in [3.8, 4) is 5.75 Å². The zero-order valence-electron chi connectivity index (χ0n) is 15.3. The minimum absolute atomic E-state index is 0.103. The molecule has 3 aromatic rings. The molecule has 28 heavy (non-hydrogen) atoms. The Kier molecular flexibility index (Phi) is 6.80. The standard InChI is InChI=1S/C22H20Cl2N2O2/c1-15-5-4-6-18(11-15)26-22(27)14-28-21-10-9-17(23)12-16(21)13-25-20-8-3-2-7-19(20)24/h2-12,25H,13-14H2,1H3,(H,26,27). The molecule has 0 aliphatic heterocycles. The van der Waals surface area contributed by atoms with Crippen molar-refractivity contribution in [3.05, 3.63) is 87.9 Å². The van der Waals surface area contributed by atoms with Gasteiger partial charge in [0.05, 0.1) is 10.7 Å². The number of carbonyl (C=O) groups excluding carboxylic acids is 1. The zero-order chi connectivity index (χ0) is 19.9. The lowest BCUT2D eigenvalue weighted by molar-refractivity contribution is -0.118. The van der Waals surface area contributed by atoms with Crippen LogP contribution in [0.2, 0.25) is 10.0 Å². The van der Waals surface area contributed by atoms with Gasteiger partial charge in [0.1, 0.15) is 5.75 Å². The summed E-state index contributed by atoms with van der Waals surface area (Å²) < 4.78 is 5.73. The highest BCUT2D eigenvalue weighted by atomic mass is 35.5. The Labute approximate surface area is 174 Å². The molecule has 0 radical (unpaired) electrons. The Bertz CT molecular complexity index is 976. The predicted octanol–water partition coefficient (Wildman–Crippen LogP) is 5.93. The molecule has 0 aliphatic carbocycles. The summed E-state index contributed by atoms with van der Waals surface area (Å²) in [6.07, 6.45) is 0. The fourth-order valence-corrected chi connectivity index (χ4v) is 3.08. The molecular weight excluding hydrogens is 395 g/mol. The number of carbonyl (C=O) groups is 1. The monoisotopic (exact) mass is 414 g/mol. The van der Waals surface area contributed by atoms with Gasteiger partial charge in [-0.3, -0.25) is 4.79 Å². The van der Waals surface area contributed by atoms with E-state index in [-0.39, 0.29) is 12.5 Å². The van der Waals surface area contributed by atoms with E-state index in [0.717, 1.165) is 22.5 Å². The van der Waals surface area contributed by atoms with Crippen LogP contribution in [0.15, 0.2) is 66.7 Å². The number of hydrogen-bond acceptors (Lipinski definition) is 3. The van der Waals surface area contributed by atoms with Crippen molar-refractivity contribution in [2.24, 2.45) is 0 Å². The third kappa shape index (κ3) is 5.65. The predicted molar refractivity (Wildman–Crippen MR) is 116 cm³/mol. The van der Waals surface area contributed by atoms with Crippen molar-refractivity contribution < 1.29 is 9.53 Å². The van der Waals surface area contributed by atoms with Gasteiger partial charge in [-0.1, -0.05) is 47.5 Å². The van der Waals surface area contributed by atoms with E-state index < -0.39 is 0 Å². The molecule has 0 saturated heterocycles.